The van der Waals surface area contributed by atoms with Gasteiger partial charge in [0.15, 0.2) is 6.10 Å². The van der Waals surface area contributed by atoms with Gasteiger partial charge in [-0.15, -0.1) is 0 Å². The molecule has 1 aromatic carbocycles. The van der Waals surface area contributed by atoms with Crippen LogP contribution in [0.2, 0.25) is 0 Å². The summed E-state index contributed by atoms with van der Waals surface area (Å²) in [6.45, 7) is 0. The van der Waals surface area contributed by atoms with E-state index in [1.807, 2.05) is 0 Å². The van der Waals surface area contributed by atoms with Crippen LogP contribution in [0.3, 0.4) is 0 Å². The maximum Gasteiger partial charge on any atom is 0.172 e. The number of halogens is 1. The van der Waals surface area contributed by atoms with Gasteiger partial charge in [-0.25, -0.2) is 4.39 Å². The highest BCUT2D eigenvalue weighted by molar-refractivity contribution is 5.38. The Hall–Kier alpha value is -1.60. The lowest BCUT2D eigenvalue weighted by molar-refractivity contribution is 0.224. The van der Waals surface area contributed by atoms with Gasteiger partial charge in [0.05, 0.1) is 18.7 Å². The molecule has 13 heavy (non-hydrogen) atoms. The van der Waals surface area contributed by atoms with Crippen molar-refractivity contribution in [2.24, 2.45) is 0 Å². The van der Waals surface area contributed by atoms with E-state index in [1.165, 1.54) is 31.4 Å². The zero-order valence-corrected chi connectivity index (χ0v) is 6.99. The van der Waals surface area contributed by atoms with Crippen LogP contribution in [0.25, 0.3) is 0 Å². The molecule has 0 aromatic heterocycles. The van der Waals surface area contributed by atoms with Crippen molar-refractivity contribution in [2.75, 3.05) is 7.11 Å². The Bertz CT molecular complexity index is 346. The molecule has 3 nitrogen and oxygen atoms in total. The Morgan fingerprint density at radius 2 is 2.31 bits per heavy atom. The summed E-state index contributed by atoms with van der Waals surface area (Å²) in [5.74, 6) is -0.470. The molecule has 0 heterocycles. The molecule has 0 saturated carbocycles. The van der Waals surface area contributed by atoms with Crippen LogP contribution in [0, 0.1) is 17.1 Å². The molecule has 1 unspecified atom stereocenters. The van der Waals surface area contributed by atoms with E-state index in [-0.39, 0.29) is 11.3 Å². The predicted octanol–water partition coefficient (Wildman–Crippen LogP) is 1.39. The van der Waals surface area contributed by atoms with Gasteiger partial charge in [0.1, 0.15) is 11.6 Å². The minimum absolute atomic E-state index is 0.118. The van der Waals surface area contributed by atoms with Gasteiger partial charge >= 0.3 is 0 Å². The van der Waals surface area contributed by atoms with Crippen LogP contribution in [0.5, 0.6) is 5.75 Å². The summed E-state index contributed by atoms with van der Waals surface area (Å²) in [5.41, 5.74) is -0.118. The maximum atomic E-state index is 13.1. The average Bonchev–Trinajstić information content (AvgIpc) is 2.16. The third kappa shape index (κ3) is 1.76. The van der Waals surface area contributed by atoms with Crippen LogP contribution < -0.4 is 4.74 Å². The number of nitriles is 1. The first-order valence-corrected chi connectivity index (χ1v) is 3.60. The molecular weight excluding hydrogens is 173 g/mol. The molecular formula is C9H8FNO2. The van der Waals surface area contributed by atoms with Gasteiger partial charge in [0, 0.05) is 0 Å². The number of ether oxygens (including phenoxy) is 1. The predicted molar refractivity (Wildman–Crippen MR) is 43.5 cm³/mol. The zero-order chi connectivity index (χ0) is 9.84. The minimum atomic E-state index is -1.49. The highest BCUT2D eigenvalue weighted by Gasteiger charge is 2.16. The summed E-state index contributed by atoms with van der Waals surface area (Å²) in [6.07, 6.45) is -1.49. The van der Waals surface area contributed by atoms with Gasteiger partial charge in [0.2, 0.25) is 0 Å². The normalized spacial score (nSPS) is 11.8. The average molecular weight is 181 g/mol. The lowest BCUT2D eigenvalue weighted by Gasteiger charge is -2.09. The first-order valence-electron chi connectivity index (χ1n) is 3.60. The number of nitrogens with zero attached hydrogens (tertiary/aromatic N) is 1. The number of aliphatic hydroxyl groups is 1. The number of rotatable bonds is 2. The van der Waals surface area contributed by atoms with Crippen molar-refractivity contribution in [3.05, 3.63) is 29.6 Å². The molecule has 1 aromatic rings. The van der Waals surface area contributed by atoms with Crippen molar-refractivity contribution >= 4 is 0 Å². The van der Waals surface area contributed by atoms with Crippen LogP contribution in [0.4, 0.5) is 4.39 Å². The van der Waals surface area contributed by atoms with E-state index in [9.17, 15) is 4.39 Å². The monoisotopic (exact) mass is 181 g/mol. The largest absolute Gasteiger partial charge is 0.496 e. The number of hydrogen-bond donors (Lipinski definition) is 1. The Morgan fingerprint density at radius 1 is 1.62 bits per heavy atom. The van der Waals surface area contributed by atoms with E-state index in [4.69, 9.17) is 15.1 Å². The second-order valence-corrected chi connectivity index (χ2v) is 2.39. The standard InChI is InChI=1S/C9H8FNO2/c1-13-8-4-2-3-6(10)9(8)7(12)5-11/h2-4,7,12H,1H3. The van der Waals surface area contributed by atoms with Crippen molar-refractivity contribution < 1.29 is 14.2 Å². The Balaban J connectivity index is 3.24. The molecule has 0 bridgehead atoms. The molecule has 0 fully saturated rings. The fraction of sp³-hybridized carbons (Fsp3) is 0.222. The SMILES string of the molecule is COc1cccc(F)c1C(O)C#N. The van der Waals surface area contributed by atoms with Crippen molar-refractivity contribution in [3.63, 3.8) is 0 Å². The Kier molecular flexibility index (Phi) is 2.83. The van der Waals surface area contributed by atoms with Gasteiger partial charge < -0.3 is 9.84 Å². The topological polar surface area (TPSA) is 53.2 Å². The van der Waals surface area contributed by atoms with Crippen LogP contribution in [0.1, 0.15) is 11.7 Å². The zero-order valence-electron chi connectivity index (χ0n) is 6.99. The van der Waals surface area contributed by atoms with E-state index in [1.54, 1.807) is 0 Å². The number of methoxy groups -OCH3 is 1. The molecule has 0 radical (unpaired) electrons. The van der Waals surface area contributed by atoms with Gasteiger partial charge in [-0.2, -0.15) is 5.26 Å². The highest BCUT2D eigenvalue weighted by Crippen LogP contribution is 2.26. The van der Waals surface area contributed by atoms with Gasteiger partial charge in [-0.3, -0.25) is 0 Å². The summed E-state index contributed by atoms with van der Waals surface area (Å²) in [4.78, 5) is 0. The smallest absolute Gasteiger partial charge is 0.172 e. The fourth-order valence-electron chi connectivity index (χ4n) is 1.03. The van der Waals surface area contributed by atoms with Crippen molar-refractivity contribution in [2.45, 2.75) is 6.10 Å². The highest BCUT2D eigenvalue weighted by atomic mass is 19.1. The van der Waals surface area contributed by atoms with Gasteiger partial charge in [0.25, 0.3) is 0 Å². The van der Waals surface area contributed by atoms with Crippen LogP contribution in [-0.4, -0.2) is 12.2 Å². The third-order valence-corrected chi connectivity index (χ3v) is 1.63. The summed E-state index contributed by atoms with van der Waals surface area (Å²) in [6, 6.07) is 5.63. The van der Waals surface area contributed by atoms with Gasteiger partial charge in [-0.05, 0) is 12.1 Å². The molecule has 0 spiro atoms. The molecule has 68 valence electrons. The summed E-state index contributed by atoms with van der Waals surface area (Å²) in [5, 5.41) is 17.6. The van der Waals surface area contributed by atoms with Crippen molar-refractivity contribution in [1.82, 2.24) is 0 Å². The molecule has 0 saturated heterocycles. The first-order chi connectivity index (χ1) is 6.20. The molecule has 0 aliphatic carbocycles. The molecule has 1 N–H and O–H groups in total. The molecule has 0 aliphatic heterocycles. The summed E-state index contributed by atoms with van der Waals surface area (Å²) < 4.78 is 17.9. The Morgan fingerprint density at radius 3 is 2.85 bits per heavy atom. The second-order valence-electron chi connectivity index (χ2n) is 2.39. The first kappa shape index (κ1) is 9.49. The van der Waals surface area contributed by atoms with E-state index in [2.05, 4.69) is 0 Å². The number of aliphatic hydroxyl groups excluding tert-OH is 1. The summed E-state index contributed by atoms with van der Waals surface area (Å²) >= 11 is 0. The number of benzene rings is 1. The van der Waals surface area contributed by atoms with E-state index in [0.717, 1.165) is 0 Å². The van der Waals surface area contributed by atoms with E-state index >= 15 is 0 Å². The third-order valence-electron chi connectivity index (χ3n) is 1.63. The molecule has 0 amide bonds. The lowest BCUT2D eigenvalue weighted by Crippen LogP contribution is -2.01. The minimum Gasteiger partial charge on any atom is -0.496 e. The maximum absolute atomic E-state index is 13.1. The second kappa shape index (κ2) is 3.87. The fourth-order valence-corrected chi connectivity index (χ4v) is 1.03. The van der Waals surface area contributed by atoms with Crippen LogP contribution >= 0.6 is 0 Å². The molecule has 1 atom stereocenters. The van der Waals surface area contributed by atoms with Crippen molar-refractivity contribution in [3.8, 4) is 11.8 Å². The lowest BCUT2D eigenvalue weighted by atomic mass is 10.1. The molecule has 4 heteroatoms. The van der Waals surface area contributed by atoms with E-state index in [0.29, 0.717) is 0 Å². The molecule has 1 rings (SSSR count). The quantitative estimate of drug-likeness (QED) is 0.701. The van der Waals surface area contributed by atoms with Crippen molar-refractivity contribution in [1.29, 1.82) is 5.26 Å². The summed E-state index contributed by atoms with van der Waals surface area (Å²) in [7, 11) is 1.35. The van der Waals surface area contributed by atoms with Crippen LogP contribution in [-0.2, 0) is 0 Å². The number of hydrogen-bond acceptors (Lipinski definition) is 3. The van der Waals surface area contributed by atoms with Gasteiger partial charge in [-0.1, -0.05) is 6.07 Å². The molecule has 0 aliphatic rings. The van der Waals surface area contributed by atoms with Crippen LogP contribution in [0.15, 0.2) is 18.2 Å². The van der Waals surface area contributed by atoms with E-state index < -0.39 is 11.9 Å². The Labute approximate surface area is 75.0 Å².